The highest BCUT2D eigenvalue weighted by Gasteiger charge is 2.16. The molecule has 1 saturated heterocycles. The van der Waals surface area contributed by atoms with Crippen LogP contribution in [0.4, 0.5) is 0 Å². The zero-order valence-corrected chi connectivity index (χ0v) is 21.9. The van der Waals surface area contributed by atoms with Crippen LogP contribution in [0.15, 0.2) is 71.6 Å². The second kappa shape index (κ2) is 12.0. The van der Waals surface area contributed by atoms with Crippen LogP contribution in [0.25, 0.3) is 20.5 Å². The average molecular weight is 530 g/mol. The summed E-state index contributed by atoms with van der Waals surface area (Å²) >= 11 is 3.06. The Morgan fingerprint density at radius 3 is 2.49 bits per heavy atom. The molecule has 3 aromatic carbocycles. The van der Waals surface area contributed by atoms with Gasteiger partial charge < -0.3 is 23.7 Å². The molecule has 0 radical (unpaired) electrons. The molecule has 8 heteroatoms. The zero-order valence-electron chi connectivity index (χ0n) is 19.4. The van der Waals surface area contributed by atoms with E-state index in [1.54, 1.807) is 24.5 Å². The average Bonchev–Trinajstić information content (AvgIpc) is 3.53. The van der Waals surface area contributed by atoms with Crippen molar-refractivity contribution in [2.45, 2.75) is 17.7 Å². The van der Waals surface area contributed by atoms with E-state index in [9.17, 15) is 5.11 Å². The van der Waals surface area contributed by atoms with Crippen molar-refractivity contribution in [3.63, 3.8) is 0 Å². The summed E-state index contributed by atoms with van der Waals surface area (Å²) in [6.07, 6.45) is 2.59. The summed E-state index contributed by atoms with van der Waals surface area (Å²) in [7, 11) is 1.61. The van der Waals surface area contributed by atoms with Crippen molar-refractivity contribution in [2.24, 2.45) is 0 Å². The fourth-order valence-corrected chi connectivity index (χ4v) is 5.70. The van der Waals surface area contributed by atoms with Crippen LogP contribution in [0.3, 0.4) is 0 Å². The van der Waals surface area contributed by atoms with Gasteiger partial charge in [-0.1, -0.05) is 18.2 Å². The van der Waals surface area contributed by atoms with Crippen molar-refractivity contribution in [3.8, 4) is 33.4 Å². The fourth-order valence-electron chi connectivity index (χ4n) is 4.08. The largest absolute Gasteiger partial charge is 0.504 e. The fraction of sp³-hybridized carbons (Fsp3) is 0.259. The zero-order chi connectivity index (χ0) is 23.3. The van der Waals surface area contributed by atoms with Crippen LogP contribution in [0.2, 0.25) is 0 Å². The molecule has 0 atom stereocenters. The van der Waals surface area contributed by atoms with Gasteiger partial charge in [-0.2, -0.15) is 0 Å². The molecule has 2 heterocycles. The van der Waals surface area contributed by atoms with Gasteiger partial charge in [0.1, 0.15) is 11.5 Å². The molecule has 1 aromatic heterocycles. The molecular formula is C27H28ClNO4S2. The second-order valence-electron chi connectivity index (χ2n) is 8.20. The molecule has 0 unspecified atom stereocenters. The smallest absolute Gasteiger partial charge is 0.169 e. The van der Waals surface area contributed by atoms with E-state index in [2.05, 4.69) is 23.1 Å². The Morgan fingerprint density at radius 2 is 1.74 bits per heavy atom. The van der Waals surface area contributed by atoms with Gasteiger partial charge in [-0.3, -0.25) is 0 Å². The van der Waals surface area contributed by atoms with Gasteiger partial charge >= 0.3 is 0 Å². The number of ether oxygens (including phenoxy) is 2. The first-order valence-corrected chi connectivity index (χ1v) is 12.9. The minimum atomic E-state index is 0. The number of phenols is 1. The number of hydrogen-bond acceptors (Lipinski definition) is 7. The number of benzene rings is 3. The molecule has 184 valence electrons. The van der Waals surface area contributed by atoms with Gasteiger partial charge in [-0.15, -0.1) is 23.7 Å². The molecule has 0 saturated carbocycles. The summed E-state index contributed by atoms with van der Waals surface area (Å²) in [5.41, 5.74) is 0.884. The van der Waals surface area contributed by atoms with Crippen LogP contribution in [0.1, 0.15) is 12.8 Å². The lowest BCUT2D eigenvalue weighted by molar-refractivity contribution is 0.261. The number of halogens is 1. The van der Waals surface area contributed by atoms with E-state index in [1.165, 1.54) is 48.1 Å². The summed E-state index contributed by atoms with van der Waals surface area (Å²) in [6, 6.07) is 21.5. The first-order valence-electron chi connectivity index (χ1n) is 11.4. The summed E-state index contributed by atoms with van der Waals surface area (Å²) in [6.45, 7) is 4.06. The van der Waals surface area contributed by atoms with E-state index in [4.69, 9.17) is 13.7 Å². The summed E-state index contributed by atoms with van der Waals surface area (Å²) in [4.78, 5) is 4.51. The number of nitrogens with zero attached hydrogens (tertiary/aromatic N) is 1. The molecule has 4 aromatic rings. The number of methoxy groups -OCH3 is 1. The SMILES string of the molecule is COc1cc(O)c(Oc2ccc(SOCCN3CCCC3)cc2)cc1-c1cc2ccccc2s1.Cl. The first kappa shape index (κ1) is 25.7. The Balaban J connectivity index is 0.00000289. The van der Waals surface area contributed by atoms with Gasteiger partial charge in [-0.05, 0) is 73.8 Å². The molecular weight excluding hydrogens is 502 g/mol. The van der Waals surface area contributed by atoms with E-state index < -0.39 is 0 Å². The minimum absolute atomic E-state index is 0. The van der Waals surface area contributed by atoms with E-state index in [0.29, 0.717) is 23.9 Å². The molecule has 1 fully saturated rings. The predicted octanol–water partition coefficient (Wildman–Crippen LogP) is 7.62. The minimum Gasteiger partial charge on any atom is -0.504 e. The lowest BCUT2D eigenvalue weighted by atomic mass is 10.1. The first-order chi connectivity index (χ1) is 16.7. The standard InChI is InChI=1S/C27H27NO4S2.ClH/c1-30-24-18-23(29)25(17-22(24)27-16-19-6-2-3-7-26(19)33-27)32-20-8-10-21(11-9-20)34-31-15-14-28-12-4-5-13-28;/h2-3,6-11,16-18,29H,4-5,12-15H2,1H3;1H. The molecule has 5 rings (SSSR count). The van der Waals surface area contributed by atoms with Crippen molar-refractivity contribution >= 4 is 45.9 Å². The topological polar surface area (TPSA) is 51.2 Å². The number of fused-ring (bicyclic) bond motifs is 1. The van der Waals surface area contributed by atoms with Crippen LogP contribution in [-0.4, -0.2) is 43.4 Å². The third-order valence-corrected chi connectivity index (χ3v) is 7.77. The van der Waals surface area contributed by atoms with Crippen LogP contribution in [-0.2, 0) is 4.18 Å². The number of phenolic OH excluding ortho intramolecular Hbond substituents is 1. The third-order valence-electron chi connectivity index (χ3n) is 5.87. The molecule has 0 aliphatic carbocycles. The summed E-state index contributed by atoms with van der Waals surface area (Å²) < 4.78 is 18.5. The van der Waals surface area contributed by atoms with Crippen LogP contribution in [0.5, 0.6) is 23.0 Å². The molecule has 5 nitrogen and oxygen atoms in total. The molecule has 0 spiro atoms. The van der Waals surface area contributed by atoms with Gasteiger partial charge in [0.05, 0.1) is 13.7 Å². The van der Waals surface area contributed by atoms with E-state index >= 15 is 0 Å². The number of likely N-dealkylation sites (tertiary alicyclic amines) is 1. The van der Waals surface area contributed by atoms with E-state index in [-0.39, 0.29) is 18.2 Å². The van der Waals surface area contributed by atoms with Gasteiger partial charge in [0.2, 0.25) is 0 Å². The quantitative estimate of drug-likeness (QED) is 0.178. The molecule has 0 bridgehead atoms. The Hall–Kier alpha value is -2.42. The second-order valence-corrected chi connectivity index (χ2v) is 10.2. The Labute approximate surface area is 220 Å². The number of aromatic hydroxyl groups is 1. The van der Waals surface area contributed by atoms with Crippen molar-refractivity contribution < 1.29 is 18.8 Å². The van der Waals surface area contributed by atoms with Crippen LogP contribution in [0, 0.1) is 0 Å². The highest BCUT2D eigenvalue weighted by atomic mass is 35.5. The molecule has 1 aliphatic heterocycles. The maximum Gasteiger partial charge on any atom is 0.169 e. The van der Waals surface area contributed by atoms with Crippen LogP contribution < -0.4 is 9.47 Å². The summed E-state index contributed by atoms with van der Waals surface area (Å²) in [5.74, 6) is 1.67. The highest BCUT2D eigenvalue weighted by molar-refractivity contribution is 7.94. The Morgan fingerprint density at radius 1 is 0.971 bits per heavy atom. The Bertz CT molecular complexity index is 1220. The number of thiophene rings is 1. The predicted molar refractivity (Wildman–Crippen MR) is 147 cm³/mol. The van der Waals surface area contributed by atoms with Gasteiger partial charge in [0.25, 0.3) is 0 Å². The summed E-state index contributed by atoms with van der Waals surface area (Å²) in [5, 5.41) is 11.7. The van der Waals surface area contributed by atoms with Crippen LogP contribution >= 0.6 is 35.8 Å². The van der Waals surface area contributed by atoms with E-state index in [1.807, 2.05) is 42.5 Å². The monoisotopic (exact) mass is 529 g/mol. The molecule has 1 N–H and O–H groups in total. The van der Waals surface area contributed by atoms with Crippen molar-refractivity contribution in [1.82, 2.24) is 4.90 Å². The van der Waals surface area contributed by atoms with Crippen molar-refractivity contribution in [1.29, 1.82) is 0 Å². The number of rotatable bonds is 9. The third kappa shape index (κ3) is 6.23. The van der Waals surface area contributed by atoms with Gasteiger partial charge in [0, 0.05) is 44.7 Å². The Kier molecular flexibility index (Phi) is 8.81. The maximum atomic E-state index is 10.6. The molecule has 0 amide bonds. The molecule has 1 aliphatic rings. The molecule has 35 heavy (non-hydrogen) atoms. The normalized spacial score (nSPS) is 13.6. The lowest BCUT2D eigenvalue weighted by Gasteiger charge is -2.14. The maximum absolute atomic E-state index is 10.6. The lowest BCUT2D eigenvalue weighted by Crippen LogP contribution is -2.23. The van der Waals surface area contributed by atoms with E-state index in [0.717, 1.165) is 21.9 Å². The van der Waals surface area contributed by atoms with Gasteiger partial charge in [0.15, 0.2) is 11.5 Å². The van der Waals surface area contributed by atoms with Gasteiger partial charge in [-0.25, -0.2) is 0 Å². The van der Waals surface area contributed by atoms with Crippen molar-refractivity contribution in [3.05, 3.63) is 66.7 Å². The van der Waals surface area contributed by atoms with Crippen molar-refractivity contribution in [2.75, 3.05) is 33.4 Å². The number of hydrogen-bond donors (Lipinski definition) is 1. The highest BCUT2D eigenvalue weighted by Crippen LogP contribution is 2.44.